The van der Waals surface area contributed by atoms with Gasteiger partial charge < -0.3 is 14.8 Å². The predicted molar refractivity (Wildman–Crippen MR) is 72.9 cm³/mol. The van der Waals surface area contributed by atoms with Crippen LogP contribution in [0.2, 0.25) is 0 Å². The molecule has 0 amide bonds. The van der Waals surface area contributed by atoms with Crippen LogP contribution in [0.5, 0.6) is 0 Å². The summed E-state index contributed by atoms with van der Waals surface area (Å²) in [5, 5.41) is 3.41. The van der Waals surface area contributed by atoms with E-state index >= 15 is 0 Å². The lowest BCUT2D eigenvalue weighted by Crippen LogP contribution is -2.43. The summed E-state index contributed by atoms with van der Waals surface area (Å²) in [6, 6.07) is 6.96. The molecule has 2 rings (SSSR count). The number of rotatable bonds is 6. The highest BCUT2D eigenvalue weighted by Gasteiger charge is 2.34. The molecule has 1 aliphatic heterocycles. The summed E-state index contributed by atoms with van der Waals surface area (Å²) in [6.45, 7) is 3.82. The molecular weight excluding hydrogens is 245 g/mol. The minimum Gasteiger partial charge on any atom is -0.383 e. The maximum Gasteiger partial charge on any atom is 0.123 e. The van der Waals surface area contributed by atoms with E-state index in [1.54, 1.807) is 19.2 Å². The highest BCUT2D eigenvalue weighted by atomic mass is 19.1. The molecule has 1 aromatic rings. The van der Waals surface area contributed by atoms with Crippen molar-refractivity contribution in [1.82, 2.24) is 5.32 Å². The summed E-state index contributed by atoms with van der Waals surface area (Å²) in [5.41, 5.74) is 1.05. The highest BCUT2D eigenvalue weighted by Crippen LogP contribution is 2.34. The molecule has 106 valence electrons. The van der Waals surface area contributed by atoms with Gasteiger partial charge in [-0.1, -0.05) is 12.1 Å². The molecule has 1 saturated heterocycles. The average molecular weight is 267 g/mol. The van der Waals surface area contributed by atoms with Gasteiger partial charge in [-0.15, -0.1) is 0 Å². The molecule has 1 aliphatic rings. The molecule has 0 bridgehead atoms. The molecule has 3 nitrogen and oxygen atoms in total. The van der Waals surface area contributed by atoms with Crippen molar-refractivity contribution in [3.8, 4) is 0 Å². The number of halogens is 1. The molecular formula is C15H22FNO2. The van der Waals surface area contributed by atoms with Crippen molar-refractivity contribution in [2.24, 2.45) is 0 Å². The fourth-order valence-electron chi connectivity index (χ4n) is 2.65. The first-order valence-electron chi connectivity index (χ1n) is 6.80. The van der Waals surface area contributed by atoms with Crippen LogP contribution in [0, 0.1) is 5.82 Å². The minimum absolute atomic E-state index is 0.0198. The summed E-state index contributed by atoms with van der Waals surface area (Å²) in [6.07, 6.45) is 1.85. The van der Waals surface area contributed by atoms with Gasteiger partial charge in [-0.25, -0.2) is 4.39 Å². The number of benzene rings is 1. The van der Waals surface area contributed by atoms with Gasteiger partial charge in [0, 0.05) is 38.8 Å². The number of hydrogen-bond acceptors (Lipinski definition) is 3. The van der Waals surface area contributed by atoms with Crippen LogP contribution >= 0.6 is 0 Å². The topological polar surface area (TPSA) is 30.5 Å². The van der Waals surface area contributed by atoms with Crippen molar-refractivity contribution in [2.45, 2.75) is 18.3 Å². The summed E-state index contributed by atoms with van der Waals surface area (Å²) >= 11 is 0. The van der Waals surface area contributed by atoms with E-state index in [0.717, 1.165) is 44.7 Å². The maximum absolute atomic E-state index is 13.5. The normalized spacial score (nSPS) is 18.4. The molecule has 0 radical (unpaired) electrons. The third-order valence-corrected chi connectivity index (χ3v) is 3.83. The molecule has 0 atom stereocenters. The van der Waals surface area contributed by atoms with E-state index in [4.69, 9.17) is 9.47 Å². The Balaban J connectivity index is 2.09. The molecule has 0 spiro atoms. The van der Waals surface area contributed by atoms with Crippen molar-refractivity contribution in [3.05, 3.63) is 35.6 Å². The van der Waals surface area contributed by atoms with Crippen LogP contribution in [0.15, 0.2) is 24.3 Å². The molecule has 1 N–H and O–H groups in total. The highest BCUT2D eigenvalue weighted by molar-refractivity contribution is 5.27. The van der Waals surface area contributed by atoms with E-state index in [1.807, 2.05) is 6.07 Å². The Morgan fingerprint density at radius 1 is 1.37 bits per heavy atom. The molecule has 4 heteroatoms. The zero-order chi connectivity index (χ0) is 13.6. The monoisotopic (exact) mass is 267 g/mol. The lowest BCUT2D eigenvalue weighted by Gasteiger charge is -2.38. The second-order valence-corrected chi connectivity index (χ2v) is 5.07. The lowest BCUT2D eigenvalue weighted by molar-refractivity contribution is 0.0491. The Morgan fingerprint density at radius 2 is 2.16 bits per heavy atom. The van der Waals surface area contributed by atoms with Gasteiger partial charge in [0.1, 0.15) is 5.82 Å². The third kappa shape index (κ3) is 3.75. The largest absolute Gasteiger partial charge is 0.383 e. The summed E-state index contributed by atoms with van der Waals surface area (Å²) in [4.78, 5) is 0. The van der Waals surface area contributed by atoms with E-state index in [-0.39, 0.29) is 11.2 Å². The molecule has 1 aromatic carbocycles. The first-order chi connectivity index (χ1) is 9.27. The number of ether oxygens (including phenoxy) is 2. The minimum atomic E-state index is -0.166. The number of nitrogens with one attached hydrogen (secondary N) is 1. The van der Waals surface area contributed by atoms with Gasteiger partial charge in [-0.2, -0.15) is 0 Å². The van der Waals surface area contributed by atoms with Gasteiger partial charge in [0.2, 0.25) is 0 Å². The Hall–Kier alpha value is -0.970. The molecule has 19 heavy (non-hydrogen) atoms. The first kappa shape index (κ1) is 14.4. The standard InChI is InChI=1S/C15H22FNO2/c1-18-10-7-17-12-15(5-8-19-9-6-15)13-3-2-4-14(16)11-13/h2-4,11,17H,5-10,12H2,1H3. The molecule has 0 saturated carbocycles. The van der Waals surface area contributed by atoms with Crippen LogP contribution in [0.4, 0.5) is 4.39 Å². The number of hydrogen-bond donors (Lipinski definition) is 1. The Kier molecular flexibility index (Phi) is 5.31. The third-order valence-electron chi connectivity index (χ3n) is 3.83. The van der Waals surface area contributed by atoms with Crippen LogP contribution in [0.1, 0.15) is 18.4 Å². The van der Waals surface area contributed by atoms with Crippen molar-refractivity contribution in [2.75, 3.05) is 40.0 Å². The van der Waals surface area contributed by atoms with Crippen LogP contribution in [0.25, 0.3) is 0 Å². The van der Waals surface area contributed by atoms with Crippen molar-refractivity contribution < 1.29 is 13.9 Å². The van der Waals surface area contributed by atoms with Crippen molar-refractivity contribution in [1.29, 1.82) is 0 Å². The lowest BCUT2D eigenvalue weighted by atomic mass is 9.74. The van der Waals surface area contributed by atoms with Gasteiger partial charge in [0.05, 0.1) is 6.61 Å². The Bertz CT molecular complexity index is 391. The van der Waals surface area contributed by atoms with Gasteiger partial charge >= 0.3 is 0 Å². The SMILES string of the molecule is COCCNCC1(c2cccc(F)c2)CCOCC1. The van der Waals surface area contributed by atoms with Crippen molar-refractivity contribution in [3.63, 3.8) is 0 Å². The average Bonchev–Trinajstić information content (AvgIpc) is 2.45. The summed E-state index contributed by atoms with van der Waals surface area (Å²) in [7, 11) is 1.69. The van der Waals surface area contributed by atoms with Gasteiger partial charge in [-0.3, -0.25) is 0 Å². The van der Waals surface area contributed by atoms with Crippen molar-refractivity contribution >= 4 is 0 Å². The quantitative estimate of drug-likeness (QED) is 0.801. The van der Waals surface area contributed by atoms with Crippen LogP contribution in [-0.4, -0.2) is 40.0 Å². The van der Waals surface area contributed by atoms with E-state index in [2.05, 4.69) is 5.32 Å². The fraction of sp³-hybridized carbons (Fsp3) is 0.600. The van der Waals surface area contributed by atoms with Crippen LogP contribution in [-0.2, 0) is 14.9 Å². The Morgan fingerprint density at radius 3 is 2.84 bits per heavy atom. The van der Waals surface area contributed by atoms with E-state index in [1.165, 1.54) is 6.07 Å². The molecule has 1 heterocycles. The van der Waals surface area contributed by atoms with Crippen LogP contribution in [0.3, 0.4) is 0 Å². The van der Waals surface area contributed by atoms with E-state index in [9.17, 15) is 4.39 Å². The summed E-state index contributed by atoms with van der Waals surface area (Å²) < 4.78 is 24.0. The van der Waals surface area contributed by atoms with Crippen LogP contribution < -0.4 is 5.32 Å². The predicted octanol–water partition coefficient (Wildman–Crippen LogP) is 2.11. The Labute approximate surface area is 114 Å². The van der Waals surface area contributed by atoms with E-state index < -0.39 is 0 Å². The smallest absolute Gasteiger partial charge is 0.123 e. The van der Waals surface area contributed by atoms with Gasteiger partial charge in [0.15, 0.2) is 0 Å². The molecule has 1 fully saturated rings. The first-order valence-corrected chi connectivity index (χ1v) is 6.80. The number of methoxy groups -OCH3 is 1. The molecule has 0 unspecified atom stereocenters. The van der Waals surface area contributed by atoms with E-state index in [0.29, 0.717) is 6.61 Å². The van der Waals surface area contributed by atoms with Gasteiger partial charge in [0.25, 0.3) is 0 Å². The molecule has 0 aliphatic carbocycles. The molecule has 0 aromatic heterocycles. The summed E-state index contributed by atoms with van der Waals surface area (Å²) in [5.74, 6) is -0.166. The zero-order valence-electron chi connectivity index (χ0n) is 11.5. The fourth-order valence-corrected chi connectivity index (χ4v) is 2.65. The second kappa shape index (κ2) is 6.98. The van der Waals surface area contributed by atoms with Gasteiger partial charge in [-0.05, 0) is 30.5 Å². The maximum atomic E-state index is 13.5. The second-order valence-electron chi connectivity index (χ2n) is 5.07. The zero-order valence-corrected chi connectivity index (χ0v) is 11.5.